The number of hydrogen-bond acceptors (Lipinski definition) is 4. The molecule has 0 saturated carbocycles. The second-order valence-corrected chi connectivity index (χ2v) is 9.56. The molecule has 0 unspecified atom stereocenters. The summed E-state index contributed by atoms with van der Waals surface area (Å²) in [5.74, 6) is -2.55. The quantitative estimate of drug-likeness (QED) is 0.379. The number of fused-ring (bicyclic) bond motifs is 1. The van der Waals surface area contributed by atoms with E-state index in [4.69, 9.17) is 11.6 Å². The molecule has 0 aliphatic rings. The first-order valence-corrected chi connectivity index (χ1v) is 10.6. The fourth-order valence-electron chi connectivity index (χ4n) is 3.47. The molecule has 2 aromatic heterocycles. The number of benzene rings is 2. The van der Waals surface area contributed by atoms with Crippen molar-refractivity contribution in [2.45, 2.75) is 23.5 Å². The minimum absolute atomic E-state index is 0.0708. The van der Waals surface area contributed by atoms with Crippen molar-refractivity contribution in [2.75, 3.05) is 0 Å². The van der Waals surface area contributed by atoms with Crippen molar-refractivity contribution in [1.82, 2.24) is 14.5 Å². The van der Waals surface area contributed by atoms with Gasteiger partial charge in [-0.2, -0.15) is 0 Å². The number of nitrogens with zero attached hydrogens (tertiary/aromatic N) is 2. The van der Waals surface area contributed by atoms with Crippen molar-refractivity contribution in [3.8, 4) is 5.69 Å². The molecular formula is C22H16ClF2N3O3S. The average molecular weight is 476 g/mol. The van der Waals surface area contributed by atoms with E-state index in [-0.39, 0.29) is 27.6 Å². The van der Waals surface area contributed by atoms with Crippen LogP contribution in [0.5, 0.6) is 0 Å². The fraction of sp³-hybridized carbons (Fsp3) is 0.136. The lowest BCUT2D eigenvalue weighted by atomic mass is 10.0. The van der Waals surface area contributed by atoms with E-state index in [0.29, 0.717) is 10.4 Å². The number of pyridine rings is 1. The number of aromatic amines is 1. The molecule has 2 N–H and O–H groups in total. The second kappa shape index (κ2) is 8.07. The normalized spacial score (nSPS) is 11.8. The van der Waals surface area contributed by atoms with Gasteiger partial charge in [-0.1, -0.05) is 17.7 Å². The van der Waals surface area contributed by atoms with Crippen molar-refractivity contribution in [3.63, 3.8) is 0 Å². The van der Waals surface area contributed by atoms with Crippen LogP contribution in [-0.2, 0) is 4.75 Å². The molecule has 0 radical (unpaired) electrons. The highest BCUT2D eigenvalue weighted by Crippen LogP contribution is 2.44. The number of carbonyl (C=O) groups is 1. The monoisotopic (exact) mass is 475 g/mol. The number of imidazole rings is 1. The summed E-state index contributed by atoms with van der Waals surface area (Å²) in [6, 6.07) is 11.3. The van der Waals surface area contributed by atoms with Crippen LogP contribution in [0.1, 0.15) is 29.9 Å². The van der Waals surface area contributed by atoms with Crippen LogP contribution < -0.4 is 5.69 Å². The number of rotatable bonds is 5. The molecule has 0 bridgehead atoms. The highest BCUT2D eigenvalue weighted by Gasteiger charge is 2.29. The third-order valence-electron chi connectivity index (χ3n) is 4.85. The number of halogens is 3. The Morgan fingerprint density at radius 2 is 1.84 bits per heavy atom. The molecule has 2 heterocycles. The molecule has 0 saturated heterocycles. The van der Waals surface area contributed by atoms with Crippen molar-refractivity contribution >= 4 is 40.5 Å². The number of aromatic nitrogens is 3. The van der Waals surface area contributed by atoms with Crippen molar-refractivity contribution in [3.05, 3.63) is 86.9 Å². The first-order valence-electron chi connectivity index (χ1n) is 9.37. The van der Waals surface area contributed by atoms with Gasteiger partial charge in [-0.3, -0.25) is 0 Å². The zero-order valence-electron chi connectivity index (χ0n) is 16.8. The maximum Gasteiger partial charge on any atom is 0.354 e. The Bertz CT molecular complexity index is 1410. The van der Waals surface area contributed by atoms with Crippen molar-refractivity contribution in [2.24, 2.45) is 0 Å². The van der Waals surface area contributed by atoms with Gasteiger partial charge in [0, 0.05) is 15.2 Å². The Labute approximate surface area is 189 Å². The predicted octanol–water partition coefficient (Wildman–Crippen LogP) is 5.37. The molecule has 0 aliphatic carbocycles. The van der Waals surface area contributed by atoms with Crippen LogP contribution in [0.4, 0.5) is 8.78 Å². The third-order valence-corrected chi connectivity index (χ3v) is 6.37. The highest BCUT2D eigenvalue weighted by molar-refractivity contribution is 8.00. The number of carboxylic acids is 1. The van der Waals surface area contributed by atoms with Gasteiger partial charge in [-0.25, -0.2) is 27.9 Å². The van der Waals surface area contributed by atoms with Crippen LogP contribution in [0.3, 0.4) is 0 Å². The van der Waals surface area contributed by atoms with Crippen LogP contribution in [0, 0.1) is 11.6 Å². The number of H-pyrrole nitrogens is 1. The molecule has 4 aromatic rings. The number of carboxylic acid groups (broad SMARTS) is 1. The van der Waals surface area contributed by atoms with Gasteiger partial charge in [0.15, 0.2) is 11.3 Å². The van der Waals surface area contributed by atoms with Crippen LogP contribution in [0.25, 0.3) is 16.9 Å². The fourth-order valence-corrected chi connectivity index (χ4v) is 4.87. The van der Waals surface area contributed by atoms with E-state index in [1.165, 1.54) is 46.7 Å². The van der Waals surface area contributed by atoms with E-state index in [9.17, 15) is 23.5 Å². The van der Waals surface area contributed by atoms with Gasteiger partial charge in [-0.15, -0.1) is 11.8 Å². The summed E-state index contributed by atoms with van der Waals surface area (Å²) in [6.07, 6.45) is 0. The SMILES string of the molecule is CC(C)(Sc1ccc(Cl)c(-n2c(=O)[nH]c3ccc(C(=O)O)nc32)c1)c1c(F)cccc1F. The molecule has 2 aromatic carbocycles. The summed E-state index contributed by atoms with van der Waals surface area (Å²) in [4.78, 5) is 31.2. The smallest absolute Gasteiger partial charge is 0.354 e. The Balaban J connectivity index is 1.83. The van der Waals surface area contributed by atoms with Gasteiger partial charge in [-0.05, 0) is 56.3 Å². The van der Waals surface area contributed by atoms with Crippen molar-refractivity contribution in [1.29, 1.82) is 0 Å². The molecule has 0 spiro atoms. The standard InChI is InChI=1S/C22H16ClF2N3O3S/c1-22(2,18-13(24)4-3-5-14(18)25)32-11-6-7-12(23)17(10-11)28-19-15(27-21(28)31)8-9-16(26-19)20(29)30/h3-10H,1-2H3,(H,27,31)(H,29,30). The van der Waals surface area contributed by atoms with Gasteiger partial charge in [0.1, 0.15) is 11.6 Å². The number of aromatic carboxylic acids is 1. The van der Waals surface area contributed by atoms with Gasteiger partial charge >= 0.3 is 11.7 Å². The van der Waals surface area contributed by atoms with E-state index >= 15 is 0 Å². The maximum atomic E-state index is 14.4. The lowest BCUT2D eigenvalue weighted by Crippen LogP contribution is -2.17. The van der Waals surface area contributed by atoms with Crippen LogP contribution in [0.2, 0.25) is 5.02 Å². The minimum Gasteiger partial charge on any atom is -0.477 e. The highest BCUT2D eigenvalue weighted by atomic mass is 35.5. The molecular weight excluding hydrogens is 460 g/mol. The summed E-state index contributed by atoms with van der Waals surface area (Å²) in [7, 11) is 0. The third kappa shape index (κ3) is 3.89. The number of thioether (sulfide) groups is 1. The lowest BCUT2D eigenvalue weighted by Gasteiger charge is -2.26. The van der Waals surface area contributed by atoms with Gasteiger partial charge in [0.05, 0.1) is 16.2 Å². The minimum atomic E-state index is -1.24. The van der Waals surface area contributed by atoms with Crippen LogP contribution in [0.15, 0.2) is 58.2 Å². The Kier molecular flexibility index (Phi) is 5.56. The van der Waals surface area contributed by atoms with Gasteiger partial charge in [0.2, 0.25) is 0 Å². The first kappa shape index (κ1) is 22.0. The Hall–Kier alpha value is -3.17. The molecule has 10 heteroatoms. The Morgan fingerprint density at radius 1 is 1.16 bits per heavy atom. The molecule has 32 heavy (non-hydrogen) atoms. The van der Waals surface area contributed by atoms with Gasteiger partial charge in [0.25, 0.3) is 0 Å². The number of hydrogen-bond donors (Lipinski definition) is 2. The molecule has 4 rings (SSSR count). The average Bonchev–Trinajstić information content (AvgIpc) is 3.03. The zero-order chi connectivity index (χ0) is 23.2. The topological polar surface area (TPSA) is 88.0 Å². The van der Waals surface area contributed by atoms with E-state index in [2.05, 4.69) is 9.97 Å². The number of nitrogens with one attached hydrogen (secondary N) is 1. The second-order valence-electron chi connectivity index (χ2n) is 7.46. The molecule has 6 nitrogen and oxygen atoms in total. The summed E-state index contributed by atoms with van der Waals surface area (Å²) in [5, 5.41) is 9.46. The van der Waals surface area contributed by atoms with Crippen molar-refractivity contribution < 1.29 is 18.7 Å². The summed E-state index contributed by atoms with van der Waals surface area (Å²) in [6.45, 7) is 3.37. The molecule has 0 aliphatic heterocycles. The summed E-state index contributed by atoms with van der Waals surface area (Å²) >= 11 is 7.54. The van der Waals surface area contributed by atoms with Crippen LogP contribution >= 0.6 is 23.4 Å². The zero-order valence-corrected chi connectivity index (χ0v) is 18.4. The summed E-state index contributed by atoms with van der Waals surface area (Å²) in [5.41, 5.74) is -0.172. The first-order chi connectivity index (χ1) is 15.1. The molecule has 0 fully saturated rings. The predicted molar refractivity (Wildman–Crippen MR) is 119 cm³/mol. The molecule has 0 amide bonds. The van der Waals surface area contributed by atoms with Gasteiger partial charge < -0.3 is 10.1 Å². The Morgan fingerprint density at radius 3 is 2.50 bits per heavy atom. The molecule has 0 atom stereocenters. The van der Waals surface area contributed by atoms with E-state index < -0.39 is 28.0 Å². The van der Waals surface area contributed by atoms with E-state index in [1.807, 2.05) is 0 Å². The molecule has 164 valence electrons. The van der Waals surface area contributed by atoms with E-state index in [1.54, 1.807) is 32.0 Å². The van der Waals surface area contributed by atoms with Crippen LogP contribution in [-0.4, -0.2) is 25.6 Å². The maximum absolute atomic E-state index is 14.4. The largest absolute Gasteiger partial charge is 0.477 e. The lowest BCUT2D eigenvalue weighted by molar-refractivity contribution is 0.0691. The summed E-state index contributed by atoms with van der Waals surface area (Å²) < 4.78 is 28.9. The van der Waals surface area contributed by atoms with E-state index in [0.717, 1.165) is 0 Å².